The van der Waals surface area contributed by atoms with Crippen LogP contribution in [0.4, 0.5) is 4.39 Å². The van der Waals surface area contributed by atoms with Gasteiger partial charge in [0, 0.05) is 31.6 Å². The maximum Gasteiger partial charge on any atom is 0.255 e. The number of hydrogen-bond acceptors (Lipinski definition) is 4. The molecule has 0 aromatic heterocycles. The Morgan fingerprint density at radius 1 is 1.17 bits per heavy atom. The lowest BCUT2D eigenvalue weighted by Gasteiger charge is -2.29. The van der Waals surface area contributed by atoms with Crippen molar-refractivity contribution in [3.05, 3.63) is 71.0 Å². The van der Waals surface area contributed by atoms with Gasteiger partial charge in [-0.2, -0.15) is 0 Å². The Balaban J connectivity index is 1.85. The van der Waals surface area contributed by atoms with Crippen molar-refractivity contribution >= 4 is 23.6 Å². The minimum absolute atomic E-state index is 0.182. The number of thioether (sulfide) groups is 1. The smallest absolute Gasteiger partial charge is 0.255 e. The minimum atomic E-state index is -0.591. The summed E-state index contributed by atoms with van der Waals surface area (Å²) in [5.41, 5.74) is 2.38. The fourth-order valence-corrected chi connectivity index (χ4v) is 4.66. The second-order valence-electron chi connectivity index (χ2n) is 6.97. The third-order valence-electron chi connectivity index (χ3n) is 4.82. The Bertz CT molecular complexity index is 842. The van der Waals surface area contributed by atoms with Crippen LogP contribution in [0.3, 0.4) is 0 Å². The largest absolute Gasteiger partial charge is 0.385 e. The highest BCUT2D eigenvalue weighted by atomic mass is 32.2. The maximum absolute atomic E-state index is 13.4. The van der Waals surface area contributed by atoms with Gasteiger partial charge in [0.2, 0.25) is 5.91 Å². The molecular weight excluding hydrogens is 391 g/mol. The van der Waals surface area contributed by atoms with E-state index in [1.54, 1.807) is 36.3 Å². The van der Waals surface area contributed by atoms with Crippen LogP contribution in [0.5, 0.6) is 0 Å². The highest BCUT2D eigenvalue weighted by molar-refractivity contribution is 7.99. The Morgan fingerprint density at radius 3 is 2.52 bits per heavy atom. The van der Waals surface area contributed by atoms with E-state index < -0.39 is 6.04 Å². The van der Waals surface area contributed by atoms with Gasteiger partial charge in [-0.15, -0.1) is 11.8 Å². The van der Waals surface area contributed by atoms with Crippen LogP contribution < -0.4 is 5.32 Å². The van der Waals surface area contributed by atoms with Crippen molar-refractivity contribution in [2.45, 2.75) is 24.8 Å². The molecule has 0 radical (unpaired) electrons. The van der Waals surface area contributed by atoms with Gasteiger partial charge in [-0.25, -0.2) is 4.39 Å². The van der Waals surface area contributed by atoms with E-state index in [1.807, 2.05) is 19.1 Å². The second-order valence-corrected chi connectivity index (χ2v) is 8.08. The lowest BCUT2D eigenvalue weighted by atomic mass is 10.1. The van der Waals surface area contributed by atoms with E-state index in [-0.39, 0.29) is 23.0 Å². The van der Waals surface area contributed by atoms with Crippen LogP contribution in [-0.4, -0.2) is 48.8 Å². The molecule has 1 saturated heterocycles. The number of carbonyl (C=O) groups excluding carboxylic acids is 2. The number of benzene rings is 2. The van der Waals surface area contributed by atoms with E-state index in [9.17, 15) is 14.0 Å². The molecule has 1 aliphatic rings. The molecular formula is C22H25FN2O3S. The van der Waals surface area contributed by atoms with Crippen molar-refractivity contribution in [3.8, 4) is 0 Å². The van der Waals surface area contributed by atoms with Crippen molar-refractivity contribution in [1.82, 2.24) is 10.2 Å². The Labute approximate surface area is 174 Å². The van der Waals surface area contributed by atoms with Crippen molar-refractivity contribution < 1.29 is 18.7 Å². The zero-order valence-corrected chi connectivity index (χ0v) is 17.4. The zero-order valence-electron chi connectivity index (χ0n) is 16.6. The number of carbonyl (C=O) groups is 2. The molecule has 2 amide bonds. The molecule has 0 bridgehead atoms. The fraction of sp³-hybridized carbons (Fsp3) is 0.364. The van der Waals surface area contributed by atoms with Crippen LogP contribution in [0.15, 0.2) is 48.5 Å². The number of methoxy groups -OCH3 is 1. The summed E-state index contributed by atoms with van der Waals surface area (Å²) in [5, 5.41) is 2.55. The van der Waals surface area contributed by atoms with E-state index >= 15 is 0 Å². The van der Waals surface area contributed by atoms with Crippen LogP contribution in [0, 0.1) is 12.7 Å². The van der Waals surface area contributed by atoms with Gasteiger partial charge in [0.15, 0.2) is 0 Å². The third-order valence-corrected chi connectivity index (χ3v) is 6.14. The molecule has 0 spiro atoms. The Morgan fingerprint density at radius 2 is 1.86 bits per heavy atom. The molecule has 2 aromatic rings. The summed E-state index contributed by atoms with van der Waals surface area (Å²) in [5.74, 6) is -0.240. The highest BCUT2D eigenvalue weighted by Gasteiger charge is 2.42. The van der Waals surface area contributed by atoms with Crippen molar-refractivity contribution in [3.63, 3.8) is 0 Å². The number of amides is 2. The number of ether oxygens (including phenoxy) is 1. The average Bonchev–Trinajstić information content (AvgIpc) is 3.17. The van der Waals surface area contributed by atoms with E-state index in [0.717, 1.165) is 11.1 Å². The lowest BCUT2D eigenvalue weighted by Crippen LogP contribution is -2.48. The summed E-state index contributed by atoms with van der Waals surface area (Å²) in [6.45, 7) is 3.00. The van der Waals surface area contributed by atoms with Gasteiger partial charge in [-0.3, -0.25) is 9.59 Å². The summed E-state index contributed by atoms with van der Waals surface area (Å²) >= 11 is 1.51. The number of aryl methyl sites for hydroxylation is 1. The molecule has 5 nitrogen and oxygen atoms in total. The molecule has 2 aromatic carbocycles. The molecule has 29 heavy (non-hydrogen) atoms. The predicted molar refractivity (Wildman–Crippen MR) is 112 cm³/mol. The maximum atomic E-state index is 13.4. The summed E-state index contributed by atoms with van der Waals surface area (Å²) < 4.78 is 18.4. The third kappa shape index (κ3) is 5.16. The first-order chi connectivity index (χ1) is 14.0. The van der Waals surface area contributed by atoms with E-state index in [0.29, 0.717) is 30.9 Å². The van der Waals surface area contributed by atoms with Gasteiger partial charge < -0.3 is 15.0 Å². The first-order valence-electron chi connectivity index (χ1n) is 9.54. The molecule has 1 N–H and O–H groups in total. The topological polar surface area (TPSA) is 58.6 Å². The molecule has 154 valence electrons. The van der Waals surface area contributed by atoms with Crippen LogP contribution in [0.2, 0.25) is 0 Å². The van der Waals surface area contributed by atoms with Gasteiger partial charge in [0.25, 0.3) is 5.91 Å². The van der Waals surface area contributed by atoms with Gasteiger partial charge in [0.1, 0.15) is 17.2 Å². The SMILES string of the molecule is COCCCNC(=O)C1CSC(c2ccc(F)cc2)N1C(=O)c1ccc(C)cc1. The summed E-state index contributed by atoms with van der Waals surface area (Å²) in [6.07, 6.45) is 0.704. The molecule has 0 saturated carbocycles. The zero-order chi connectivity index (χ0) is 20.8. The monoisotopic (exact) mass is 416 g/mol. The normalized spacial score (nSPS) is 18.7. The number of halogens is 1. The Hall–Kier alpha value is -2.38. The van der Waals surface area contributed by atoms with E-state index in [1.165, 1.54) is 23.9 Å². The minimum Gasteiger partial charge on any atom is -0.385 e. The molecule has 3 rings (SSSR count). The van der Waals surface area contributed by atoms with Gasteiger partial charge >= 0.3 is 0 Å². The van der Waals surface area contributed by atoms with Gasteiger partial charge in [0.05, 0.1) is 0 Å². The molecule has 2 unspecified atom stereocenters. The first-order valence-corrected chi connectivity index (χ1v) is 10.6. The fourth-order valence-electron chi connectivity index (χ4n) is 3.23. The van der Waals surface area contributed by atoms with Crippen LogP contribution in [0.25, 0.3) is 0 Å². The number of hydrogen-bond donors (Lipinski definition) is 1. The van der Waals surface area contributed by atoms with Crippen molar-refractivity contribution in [1.29, 1.82) is 0 Å². The average molecular weight is 417 g/mol. The molecule has 1 heterocycles. The molecule has 1 aliphatic heterocycles. The van der Waals surface area contributed by atoms with E-state index in [2.05, 4.69) is 5.32 Å². The molecule has 0 aliphatic carbocycles. The highest BCUT2D eigenvalue weighted by Crippen LogP contribution is 2.42. The summed E-state index contributed by atoms with van der Waals surface area (Å²) in [4.78, 5) is 27.8. The van der Waals surface area contributed by atoms with Crippen molar-refractivity contribution in [2.24, 2.45) is 0 Å². The van der Waals surface area contributed by atoms with Crippen LogP contribution >= 0.6 is 11.8 Å². The molecule has 1 fully saturated rings. The predicted octanol–water partition coefficient (Wildman–Crippen LogP) is 3.54. The Kier molecular flexibility index (Phi) is 7.28. The van der Waals surface area contributed by atoms with Crippen molar-refractivity contribution in [2.75, 3.05) is 26.0 Å². The number of rotatable bonds is 7. The summed E-state index contributed by atoms with van der Waals surface area (Å²) in [6, 6.07) is 12.8. The van der Waals surface area contributed by atoms with E-state index in [4.69, 9.17) is 4.74 Å². The van der Waals surface area contributed by atoms with Gasteiger partial charge in [-0.1, -0.05) is 29.8 Å². The summed E-state index contributed by atoms with van der Waals surface area (Å²) in [7, 11) is 1.62. The number of nitrogens with one attached hydrogen (secondary N) is 1. The quantitative estimate of drug-likeness (QED) is 0.702. The molecule has 2 atom stereocenters. The lowest BCUT2D eigenvalue weighted by molar-refractivity contribution is -0.124. The second kappa shape index (κ2) is 9.89. The van der Waals surface area contributed by atoms with Crippen LogP contribution in [-0.2, 0) is 9.53 Å². The molecule has 7 heteroatoms. The standard InChI is InChI=1S/C22H25FN2O3S/c1-15-4-6-16(7-5-15)21(27)25-19(20(26)24-12-3-13-28-2)14-29-22(25)17-8-10-18(23)11-9-17/h4-11,19,22H,3,12-14H2,1-2H3,(H,24,26). The van der Waals surface area contributed by atoms with Gasteiger partial charge in [-0.05, 0) is 43.2 Å². The first kappa shape index (κ1) is 21.3. The van der Waals surface area contributed by atoms with Crippen LogP contribution in [0.1, 0.15) is 33.3 Å². The number of nitrogens with zero attached hydrogens (tertiary/aromatic N) is 1.